The predicted octanol–water partition coefficient (Wildman–Crippen LogP) is 3.87. The molecule has 0 aliphatic carbocycles. The fraction of sp³-hybridized carbons (Fsp3) is 0.238. The molecule has 0 radical (unpaired) electrons. The van der Waals surface area contributed by atoms with Crippen molar-refractivity contribution in [2.75, 3.05) is 19.7 Å². The number of hydrogen-bond donors (Lipinski definition) is 1. The van der Waals surface area contributed by atoms with Crippen LogP contribution in [0.4, 0.5) is 10.3 Å². The van der Waals surface area contributed by atoms with Gasteiger partial charge in [0.05, 0.1) is 12.2 Å². The van der Waals surface area contributed by atoms with Gasteiger partial charge in [-0.3, -0.25) is 5.84 Å². The maximum atomic E-state index is 14.7. The molecule has 4 rings (SSSR count). The maximum Gasteiger partial charge on any atom is 0.253 e. The molecule has 1 aliphatic heterocycles. The van der Waals surface area contributed by atoms with Crippen LogP contribution in [-0.2, 0) is 4.74 Å². The minimum absolute atomic E-state index is 0.143. The number of benzene rings is 2. The van der Waals surface area contributed by atoms with Gasteiger partial charge >= 0.3 is 0 Å². The van der Waals surface area contributed by atoms with Crippen LogP contribution in [0, 0.1) is 5.82 Å². The molecule has 0 amide bonds. The van der Waals surface area contributed by atoms with Crippen LogP contribution in [-0.4, -0.2) is 35.8 Å². The SMILES string of the molecule is CC(c1ccc(-c2ccccc2)c(F)c1)c1cc(N=C2CN(N)CCO2)on1. The highest BCUT2D eigenvalue weighted by molar-refractivity contribution is 5.80. The number of nitrogens with zero attached hydrogens (tertiary/aromatic N) is 3. The molecule has 6 nitrogen and oxygen atoms in total. The Morgan fingerprint density at radius 3 is 2.75 bits per heavy atom. The van der Waals surface area contributed by atoms with Crippen molar-refractivity contribution in [2.45, 2.75) is 12.8 Å². The van der Waals surface area contributed by atoms with E-state index in [0.29, 0.717) is 42.7 Å². The monoisotopic (exact) mass is 380 g/mol. The Labute approximate surface area is 162 Å². The number of aliphatic imine (C=N–C) groups is 1. The van der Waals surface area contributed by atoms with Crippen molar-refractivity contribution in [3.63, 3.8) is 0 Å². The average Bonchev–Trinajstić information content (AvgIpc) is 3.16. The summed E-state index contributed by atoms with van der Waals surface area (Å²) >= 11 is 0. The molecule has 1 aliphatic rings. The fourth-order valence-electron chi connectivity index (χ4n) is 3.13. The first-order chi connectivity index (χ1) is 13.6. The van der Waals surface area contributed by atoms with Crippen LogP contribution in [0.25, 0.3) is 11.1 Å². The molecular weight excluding hydrogens is 359 g/mol. The van der Waals surface area contributed by atoms with Gasteiger partial charge in [0.2, 0.25) is 5.90 Å². The number of rotatable bonds is 4. The first-order valence-corrected chi connectivity index (χ1v) is 9.11. The Morgan fingerprint density at radius 2 is 2.00 bits per heavy atom. The molecule has 1 atom stereocenters. The van der Waals surface area contributed by atoms with Crippen LogP contribution in [0.2, 0.25) is 0 Å². The molecule has 1 unspecified atom stereocenters. The van der Waals surface area contributed by atoms with Gasteiger partial charge < -0.3 is 9.26 Å². The van der Waals surface area contributed by atoms with Crippen LogP contribution >= 0.6 is 0 Å². The van der Waals surface area contributed by atoms with Crippen molar-refractivity contribution in [1.82, 2.24) is 10.2 Å². The maximum absolute atomic E-state index is 14.7. The second kappa shape index (κ2) is 7.92. The van der Waals surface area contributed by atoms with E-state index in [1.165, 1.54) is 0 Å². The van der Waals surface area contributed by atoms with E-state index in [1.54, 1.807) is 23.2 Å². The third-order valence-electron chi connectivity index (χ3n) is 4.76. The summed E-state index contributed by atoms with van der Waals surface area (Å²) in [6.07, 6.45) is 0. The van der Waals surface area contributed by atoms with Gasteiger partial charge in [0, 0.05) is 24.1 Å². The van der Waals surface area contributed by atoms with Crippen LogP contribution in [0.15, 0.2) is 64.1 Å². The van der Waals surface area contributed by atoms with Crippen LogP contribution in [0.3, 0.4) is 0 Å². The molecule has 1 saturated heterocycles. The summed E-state index contributed by atoms with van der Waals surface area (Å²) < 4.78 is 25.4. The lowest BCUT2D eigenvalue weighted by atomic mass is 9.95. The number of ether oxygens (including phenoxy) is 1. The zero-order chi connectivity index (χ0) is 19.5. The van der Waals surface area contributed by atoms with Crippen molar-refractivity contribution in [3.05, 3.63) is 71.7 Å². The lowest BCUT2D eigenvalue weighted by Gasteiger charge is -2.22. The van der Waals surface area contributed by atoms with Gasteiger partial charge in [-0.2, -0.15) is 4.99 Å². The van der Waals surface area contributed by atoms with Gasteiger partial charge in [-0.05, 0) is 17.2 Å². The molecule has 28 heavy (non-hydrogen) atoms. The standard InChI is InChI=1S/C21H21FN4O2/c1-14(16-7-8-17(18(22)11-16)15-5-3-2-4-6-15)19-12-20(28-25-19)24-21-13-26(23)9-10-27-21/h2-8,11-12,14H,9-10,13,23H2,1H3. The average molecular weight is 380 g/mol. The number of hydrazine groups is 1. The first-order valence-electron chi connectivity index (χ1n) is 9.11. The van der Waals surface area contributed by atoms with Gasteiger partial charge in [0.25, 0.3) is 5.88 Å². The molecule has 2 aromatic carbocycles. The Morgan fingerprint density at radius 1 is 1.18 bits per heavy atom. The second-order valence-corrected chi connectivity index (χ2v) is 6.74. The molecule has 2 heterocycles. The number of nitrogens with two attached hydrogens (primary N) is 1. The van der Waals surface area contributed by atoms with Gasteiger partial charge in [-0.15, -0.1) is 0 Å². The van der Waals surface area contributed by atoms with Crippen LogP contribution < -0.4 is 5.84 Å². The number of aromatic nitrogens is 1. The summed E-state index contributed by atoms with van der Waals surface area (Å²) in [5.41, 5.74) is 2.91. The molecule has 0 spiro atoms. The Balaban J connectivity index is 1.53. The van der Waals surface area contributed by atoms with E-state index in [4.69, 9.17) is 15.1 Å². The van der Waals surface area contributed by atoms with Crippen molar-refractivity contribution in [3.8, 4) is 11.1 Å². The van der Waals surface area contributed by atoms with E-state index in [0.717, 1.165) is 11.1 Å². The van der Waals surface area contributed by atoms with Crippen molar-refractivity contribution >= 4 is 11.8 Å². The van der Waals surface area contributed by atoms with Gasteiger partial charge in [0.1, 0.15) is 12.4 Å². The molecule has 0 bridgehead atoms. The van der Waals surface area contributed by atoms with Crippen molar-refractivity contribution in [2.24, 2.45) is 10.8 Å². The van der Waals surface area contributed by atoms with Gasteiger partial charge in [0.15, 0.2) is 0 Å². The summed E-state index contributed by atoms with van der Waals surface area (Å²) in [5, 5.41) is 5.71. The van der Waals surface area contributed by atoms with Crippen molar-refractivity contribution in [1.29, 1.82) is 0 Å². The van der Waals surface area contributed by atoms with Crippen LogP contribution in [0.1, 0.15) is 24.1 Å². The zero-order valence-electron chi connectivity index (χ0n) is 15.5. The Hall–Kier alpha value is -3.03. The molecule has 3 aromatic rings. The zero-order valence-corrected chi connectivity index (χ0v) is 15.5. The van der Waals surface area contributed by atoms with E-state index < -0.39 is 0 Å². The summed E-state index contributed by atoms with van der Waals surface area (Å²) in [6.45, 7) is 3.50. The summed E-state index contributed by atoms with van der Waals surface area (Å²) in [4.78, 5) is 4.31. The third kappa shape index (κ3) is 3.95. The minimum Gasteiger partial charge on any atom is -0.478 e. The van der Waals surface area contributed by atoms with Gasteiger partial charge in [-0.1, -0.05) is 54.5 Å². The fourth-order valence-corrected chi connectivity index (χ4v) is 3.13. The number of morpholine rings is 1. The quantitative estimate of drug-likeness (QED) is 0.696. The third-order valence-corrected chi connectivity index (χ3v) is 4.76. The molecule has 0 saturated carbocycles. The largest absolute Gasteiger partial charge is 0.478 e. The molecule has 1 aromatic heterocycles. The summed E-state index contributed by atoms with van der Waals surface area (Å²) in [7, 11) is 0. The van der Waals surface area contributed by atoms with E-state index in [9.17, 15) is 4.39 Å². The Kier molecular flexibility index (Phi) is 5.18. The van der Waals surface area contributed by atoms with Crippen LogP contribution in [0.5, 0.6) is 0 Å². The normalized spacial score (nSPS) is 17.5. The van der Waals surface area contributed by atoms with E-state index in [2.05, 4.69) is 10.1 Å². The van der Waals surface area contributed by atoms with Crippen molar-refractivity contribution < 1.29 is 13.7 Å². The second-order valence-electron chi connectivity index (χ2n) is 6.74. The summed E-state index contributed by atoms with van der Waals surface area (Å²) in [6, 6.07) is 16.5. The molecule has 7 heteroatoms. The number of hydrogen-bond acceptors (Lipinski definition) is 6. The minimum atomic E-state index is -0.266. The number of halogens is 1. The molecular formula is C21H21FN4O2. The van der Waals surface area contributed by atoms with Gasteiger partial charge in [-0.25, -0.2) is 9.40 Å². The van der Waals surface area contributed by atoms with E-state index in [1.807, 2.05) is 43.3 Å². The smallest absolute Gasteiger partial charge is 0.253 e. The molecule has 1 fully saturated rings. The van der Waals surface area contributed by atoms with E-state index in [-0.39, 0.29) is 11.7 Å². The molecule has 144 valence electrons. The highest BCUT2D eigenvalue weighted by atomic mass is 19.1. The lowest BCUT2D eigenvalue weighted by molar-refractivity contribution is 0.167. The molecule has 2 N–H and O–H groups in total. The summed E-state index contributed by atoms with van der Waals surface area (Å²) in [5.74, 6) is 6.19. The van der Waals surface area contributed by atoms with E-state index >= 15 is 0 Å². The highest BCUT2D eigenvalue weighted by Gasteiger charge is 2.18. The Bertz CT molecular complexity index is 987. The first kappa shape index (κ1) is 18.3. The lowest BCUT2D eigenvalue weighted by Crippen LogP contribution is -2.44. The highest BCUT2D eigenvalue weighted by Crippen LogP contribution is 2.30. The predicted molar refractivity (Wildman–Crippen MR) is 105 cm³/mol. The topological polar surface area (TPSA) is 76.9 Å².